The zero-order valence-corrected chi connectivity index (χ0v) is 8.30. The summed E-state index contributed by atoms with van der Waals surface area (Å²) in [5, 5.41) is 8.38. The molecule has 84 valence electrons. The van der Waals surface area contributed by atoms with Crippen LogP contribution in [0.4, 0.5) is 5.82 Å². The zero-order chi connectivity index (χ0) is 11.5. The maximum atomic E-state index is 10.2. The van der Waals surface area contributed by atoms with Crippen LogP contribution in [0, 0.1) is 0 Å². The Morgan fingerprint density at radius 1 is 1.50 bits per heavy atom. The molecule has 16 heavy (non-hydrogen) atoms. The number of nitrogens with zero attached hydrogens (tertiary/aromatic N) is 2. The van der Waals surface area contributed by atoms with Gasteiger partial charge in [-0.15, -0.1) is 0 Å². The van der Waals surface area contributed by atoms with Crippen molar-refractivity contribution in [3.63, 3.8) is 0 Å². The number of nitrogens with one attached hydrogen (secondary N) is 1. The van der Waals surface area contributed by atoms with E-state index in [-0.39, 0.29) is 13.2 Å². The number of carboxylic acid groups (broad SMARTS) is 1. The number of carbonyl (C=O) groups is 1. The summed E-state index contributed by atoms with van der Waals surface area (Å²) in [4.78, 5) is 21.3. The first-order valence-corrected chi connectivity index (χ1v) is 4.56. The Balaban J connectivity index is 2.10. The van der Waals surface area contributed by atoms with Crippen LogP contribution < -0.4 is 5.73 Å². The van der Waals surface area contributed by atoms with E-state index in [1.165, 1.54) is 0 Å². The van der Waals surface area contributed by atoms with E-state index in [9.17, 15) is 4.79 Å². The predicted molar refractivity (Wildman–Crippen MR) is 55.6 cm³/mol. The van der Waals surface area contributed by atoms with Crippen molar-refractivity contribution in [2.75, 3.05) is 12.3 Å². The van der Waals surface area contributed by atoms with Crippen LogP contribution in [0.25, 0.3) is 11.2 Å². The van der Waals surface area contributed by atoms with Crippen LogP contribution in [0.2, 0.25) is 0 Å². The van der Waals surface area contributed by atoms with Gasteiger partial charge in [-0.25, -0.2) is 14.8 Å². The number of nitrogen functional groups attached to an aromatic ring is 1. The first kappa shape index (κ1) is 10.4. The van der Waals surface area contributed by atoms with Crippen LogP contribution in [-0.4, -0.2) is 32.6 Å². The van der Waals surface area contributed by atoms with E-state index in [4.69, 9.17) is 15.6 Å². The second kappa shape index (κ2) is 4.15. The Morgan fingerprint density at radius 2 is 2.31 bits per heavy atom. The number of aromatic nitrogens is 3. The number of imidazole rings is 1. The number of aliphatic carboxylic acids is 1. The van der Waals surface area contributed by atoms with Gasteiger partial charge in [0.15, 0.2) is 5.65 Å². The third-order valence-corrected chi connectivity index (χ3v) is 1.88. The van der Waals surface area contributed by atoms with Gasteiger partial charge in [0.05, 0.1) is 5.52 Å². The molecule has 2 heterocycles. The Kier molecular flexibility index (Phi) is 2.69. The number of H-pyrrole nitrogens is 1. The standard InChI is InChI=1S/C9H10N4O3/c10-6-2-1-5-9(12-6)13-7(11-5)3-16-4-8(14)15/h1-2H,3-4H2,(H,14,15)(H3,10,11,12,13). The molecule has 4 N–H and O–H groups in total. The molecule has 2 aromatic heterocycles. The van der Waals surface area contributed by atoms with E-state index in [1.54, 1.807) is 12.1 Å². The zero-order valence-electron chi connectivity index (χ0n) is 8.30. The Bertz CT molecular complexity index is 522. The van der Waals surface area contributed by atoms with Gasteiger partial charge in [0.1, 0.15) is 24.9 Å². The SMILES string of the molecule is Nc1ccc2[nH]c(COCC(=O)O)nc2n1. The van der Waals surface area contributed by atoms with Crippen molar-refractivity contribution in [2.24, 2.45) is 0 Å². The third kappa shape index (κ3) is 2.26. The summed E-state index contributed by atoms with van der Waals surface area (Å²) >= 11 is 0. The molecule has 7 heteroatoms. The normalized spacial score (nSPS) is 10.8. The summed E-state index contributed by atoms with van der Waals surface area (Å²) in [6.07, 6.45) is 0. The lowest BCUT2D eigenvalue weighted by Gasteiger charge is -1.95. The third-order valence-electron chi connectivity index (χ3n) is 1.88. The van der Waals surface area contributed by atoms with Gasteiger partial charge in [-0.05, 0) is 12.1 Å². The van der Waals surface area contributed by atoms with Crippen molar-refractivity contribution in [3.8, 4) is 0 Å². The number of nitrogens with two attached hydrogens (primary N) is 1. The quantitative estimate of drug-likeness (QED) is 0.678. The van der Waals surface area contributed by atoms with Gasteiger partial charge in [-0.2, -0.15) is 0 Å². The predicted octanol–water partition coefficient (Wildman–Crippen LogP) is 0.141. The van der Waals surface area contributed by atoms with Crippen molar-refractivity contribution in [1.82, 2.24) is 15.0 Å². The molecule has 0 saturated heterocycles. The molecule has 0 aromatic carbocycles. The lowest BCUT2D eigenvalue weighted by molar-refractivity contribution is -0.142. The fourth-order valence-corrected chi connectivity index (χ4v) is 1.26. The van der Waals surface area contributed by atoms with Crippen LogP contribution >= 0.6 is 0 Å². The largest absolute Gasteiger partial charge is 0.480 e. The molecule has 0 spiro atoms. The number of carboxylic acids is 1. The number of rotatable bonds is 4. The molecule has 0 aliphatic rings. The van der Waals surface area contributed by atoms with Crippen molar-refractivity contribution in [3.05, 3.63) is 18.0 Å². The maximum absolute atomic E-state index is 10.2. The number of anilines is 1. The van der Waals surface area contributed by atoms with Crippen LogP contribution in [0.3, 0.4) is 0 Å². The molecule has 0 bridgehead atoms. The average molecular weight is 222 g/mol. The van der Waals surface area contributed by atoms with E-state index in [2.05, 4.69) is 15.0 Å². The molecule has 2 aromatic rings. The highest BCUT2D eigenvalue weighted by molar-refractivity contribution is 5.72. The molecule has 2 rings (SSSR count). The van der Waals surface area contributed by atoms with Gasteiger partial charge in [-0.3, -0.25) is 0 Å². The molecule has 0 amide bonds. The van der Waals surface area contributed by atoms with Crippen molar-refractivity contribution >= 4 is 23.0 Å². The first-order chi connectivity index (χ1) is 7.65. The van der Waals surface area contributed by atoms with Gasteiger partial charge in [0.2, 0.25) is 0 Å². The lowest BCUT2D eigenvalue weighted by atomic mass is 10.4. The number of aromatic amines is 1. The molecular formula is C9H10N4O3. The van der Waals surface area contributed by atoms with Gasteiger partial charge < -0.3 is 20.6 Å². The highest BCUT2D eigenvalue weighted by Crippen LogP contribution is 2.11. The van der Waals surface area contributed by atoms with Gasteiger partial charge >= 0.3 is 5.97 Å². The minimum absolute atomic E-state index is 0.0998. The van der Waals surface area contributed by atoms with E-state index >= 15 is 0 Å². The minimum Gasteiger partial charge on any atom is -0.480 e. The number of hydrogen-bond donors (Lipinski definition) is 3. The van der Waals surface area contributed by atoms with Crippen LogP contribution in [0.5, 0.6) is 0 Å². The summed E-state index contributed by atoms with van der Waals surface area (Å²) in [6.45, 7) is -0.255. The van der Waals surface area contributed by atoms with Crippen molar-refractivity contribution in [1.29, 1.82) is 0 Å². The molecular weight excluding hydrogens is 212 g/mol. The number of hydrogen-bond acceptors (Lipinski definition) is 5. The van der Waals surface area contributed by atoms with Crippen LogP contribution in [0.15, 0.2) is 12.1 Å². The number of ether oxygens (including phenoxy) is 1. The van der Waals surface area contributed by atoms with Gasteiger partial charge in [0, 0.05) is 0 Å². The number of pyridine rings is 1. The second-order valence-corrected chi connectivity index (χ2v) is 3.18. The molecule has 0 aliphatic carbocycles. The highest BCUT2D eigenvalue weighted by Gasteiger charge is 2.05. The molecule has 0 saturated carbocycles. The van der Waals surface area contributed by atoms with Crippen LogP contribution in [-0.2, 0) is 16.1 Å². The monoisotopic (exact) mass is 222 g/mol. The highest BCUT2D eigenvalue weighted by atomic mass is 16.5. The summed E-state index contributed by atoms with van der Waals surface area (Å²) in [5.74, 6) is -0.107. The average Bonchev–Trinajstić information content (AvgIpc) is 2.58. The summed E-state index contributed by atoms with van der Waals surface area (Å²) < 4.78 is 4.89. The maximum Gasteiger partial charge on any atom is 0.329 e. The Hall–Kier alpha value is -2.15. The second-order valence-electron chi connectivity index (χ2n) is 3.18. The molecule has 0 aliphatic heterocycles. The first-order valence-electron chi connectivity index (χ1n) is 4.56. The van der Waals surface area contributed by atoms with Crippen molar-refractivity contribution in [2.45, 2.75) is 6.61 Å². The summed E-state index contributed by atoms with van der Waals surface area (Å²) in [7, 11) is 0. The molecule has 7 nitrogen and oxygen atoms in total. The van der Waals surface area contributed by atoms with E-state index in [0.717, 1.165) is 5.52 Å². The summed E-state index contributed by atoms with van der Waals surface area (Å²) in [5.41, 5.74) is 6.73. The fraction of sp³-hybridized carbons (Fsp3) is 0.222. The molecule has 0 unspecified atom stereocenters. The fourth-order valence-electron chi connectivity index (χ4n) is 1.26. The Morgan fingerprint density at radius 3 is 3.06 bits per heavy atom. The van der Waals surface area contributed by atoms with Gasteiger partial charge in [0.25, 0.3) is 0 Å². The molecule has 0 radical (unpaired) electrons. The smallest absolute Gasteiger partial charge is 0.329 e. The number of fused-ring (bicyclic) bond motifs is 1. The van der Waals surface area contributed by atoms with Crippen LogP contribution in [0.1, 0.15) is 5.82 Å². The topological polar surface area (TPSA) is 114 Å². The van der Waals surface area contributed by atoms with E-state index in [1.807, 2.05) is 0 Å². The van der Waals surface area contributed by atoms with E-state index < -0.39 is 5.97 Å². The Labute approximate surface area is 90.3 Å². The van der Waals surface area contributed by atoms with Crippen molar-refractivity contribution < 1.29 is 14.6 Å². The lowest BCUT2D eigenvalue weighted by Crippen LogP contribution is -2.07. The van der Waals surface area contributed by atoms with Gasteiger partial charge in [-0.1, -0.05) is 0 Å². The summed E-state index contributed by atoms with van der Waals surface area (Å²) in [6, 6.07) is 3.41. The van der Waals surface area contributed by atoms with E-state index in [0.29, 0.717) is 17.3 Å². The molecule has 0 fully saturated rings. The minimum atomic E-state index is -1.02. The molecule has 0 atom stereocenters.